The minimum absolute atomic E-state index is 0.0496. The van der Waals surface area contributed by atoms with Gasteiger partial charge in [-0.2, -0.15) is 0 Å². The van der Waals surface area contributed by atoms with Crippen molar-refractivity contribution in [1.82, 2.24) is 4.90 Å². The molecule has 0 radical (unpaired) electrons. The van der Waals surface area contributed by atoms with Crippen molar-refractivity contribution in [1.29, 1.82) is 0 Å². The largest absolute Gasteiger partial charge is 0.487 e. The number of carbonyl (C=O) groups is 2. The van der Waals surface area contributed by atoms with E-state index in [0.29, 0.717) is 13.0 Å². The Morgan fingerprint density at radius 3 is 2.75 bits per heavy atom. The zero-order chi connectivity index (χ0) is 9.14. The molecule has 0 N–H and O–H groups in total. The van der Waals surface area contributed by atoms with Gasteiger partial charge in [-0.15, -0.1) is 0 Å². The van der Waals surface area contributed by atoms with E-state index in [0.717, 1.165) is 0 Å². The van der Waals surface area contributed by atoms with E-state index in [1.807, 2.05) is 0 Å². The molecule has 0 aromatic carbocycles. The lowest BCUT2D eigenvalue weighted by atomic mass is 10.2. The second kappa shape index (κ2) is 3.38. The van der Waals surface area contributed by atoms with Gasteiger partial charge < -0.3 is 9.64 Å². The predicted molar refractivity (Wildman–Crippen MR) is 42.4 cm³/mol. The Bertz CT molecular complexity index is 243. The zero-order valence-corrected chi connectivity index (χ0v) is 7.16. The van der Waals surface area contributed by atoms with Crippen LogP contribution in [0.2, 0.25) is 0 Å². The van der Waals surface area contributed by atoms with E-state index < -0.39 is 0 Å². The molecule has 4 nitrogen and oxygen atoms in total. The highest BCUT2D eigenvalue weighted by Gasteiger charge is 2.18. The lowest BCUT2D eigenvalue weighted by Gasteiger charge is -2.16. The van der Waals surface area contributed by atoms with Crippen LogP contribution in [0.4, 0.5) is 0 Å². The van der Waals surface area contributed by atoms with Crippen LogP contribution in [0.1, 0.15) is 6.42 Å². The molecule has 0 saturated heterocycles. The third-order valence-corrected chi connectivity index (χ3v) is 1.52. The van der Waals surface area contributed by atoms with Crippen molar-refractivity contribution in [3.8, 4) is 0 Å². The van der Waals surface area contributed by atoms with Crippen LogP contribution >= 0.6 is 0 Å². The summed E-state index contributed by atoms with van der Waals surface area (Å²) in [4.78, 5) is 23.5. The summed E-state index contributed by atoms with van der Waals surface area (Å²) < 4.78 is 5.02. The number of rotatable bonds is 1. The average Bonchev–Trinajstić information content (AvgIpc) is 2.03. The molecule has 1 aliphatic rings. The summed E-state index contributed by atoms with van der Waals surface area (Å²) in [6, 6.07) is 0. The molecule has 0 bridgehead atoms. The molecule has 1 heterocycles. The van der Waals surface area contributed by atoms with Crippen molar-refractivity contribution < 1.29 is 14.3 Å². The Balaban J connectivity index is 2.74. The number of hydrogen-bond acceptors (Lipinski definition) is 3. The number of amides is 1. The summed E-state index contributed by atoms with van der Waals surface area (Å²) in [5.74, 6) is -0.161. The number of likely N-dealkylation sites (N-methyl/N-ethyl adjacent to an activating group) is 1. The molecule has 0 aromatic heterocycles. The van der Waals surface area contributed by atoms with E-state index >= 15 is 0 Å². The molecule has 0 atom stereocenters. The Labute approximate surface area is 70.8 Å². The van der Waals surface area contributed by atoms with Crippen LogP contribution in [0.5, 0.6) is 0 Å². The summed E-state index contributed by atoms with van der Waals surface area (Å²) in [6.07, 6.45) is 1.62. The van der Waals surface area contributed by atoms with E-state index in [-0.39, 0.29) is 17.4 Å². The minimum Gasteiger partial charge on any atom is -0.487 e. The molecule has 0 spiro atoms. The van der Waals surface area contributed by atoms with Gasteiger partial charge >= 0.3 is 0 Å². The predicted octanol–water partition coefficient (Wildman–Crippen LogP) is -0.0521. The van der Waals surface area contributed by atoms with E-state index in [1.165, 1.54) is 11.0 Å². The number of hydrogen-bond donors (Lipinski definition) is 0. The number of nitrogens with zero attached hydrogens (tertiary/aromatic N) is 1. The van der Waals surface area contributed by atoms with Gasteiger partial charge in [-0.05, 0) is 0 Å². The van der Waals surface area contributed by atoms with Crippen molar-refractivity contribution in [3.63, 3.8) is 0 Å². The molecule has 0 aromatic rings. The summed E-state index contributed by atoms with van der Waals surface area (Å²) >= 11 is 0. The molecule has 0 fully saturated rings. The van der Waals surface area contributed by atoms with E-state index in [1.54, 1.807) is 14.1 Å². The summed E-state index contributed by atoms with van der Waals surface area (Å²) in [6.45, 7) is 0.310. The number of ether oxygens (including phenoxy) is 1. The Morgan fingerprint density at radius 1 is 1.58 bits per heavy atom. The highest BCUT2D eigenvalue weighted by atomic mass is 16.5. The summed E-state index contributed by atoms with van der Waals surface area (Å²) in [5, 5.41) is 0. The Kier molecular flexibility index (Phi) is 2.47. The van der Waals surface area contributed by atoms with Gasteiger partial charge in [-0.3, -0.25) is 9.59 Å². The van der Waals surface area contributed by atoms with Crippen LogP contribution in [0.15, 0.2) is 11.8 Å². The highest BCUT2D eigenvalue weighted by molar-refractivity contribution is 6.01. The van der Waals surface area contributed by atoms with Gasteiger partial charge in [0.1, 0.15) is 0 Å². The first-order valence-electron chi connectivity index (χ1n) is 3.70. The van der Waals surface area contributed by atoms with Crippen molar-refractivity contribution in [2.75, 3.05) is 20.7 Å². The molecular weight excluding hydrogens is 158 g/mol. The Morgan fingerprint density at radius 2 is 2.25 bits per heavy atom. The Hall–Kier alpha value is -1.32. The van der Waals surface area contributed by atoms with Crippen LogP contribution in [-0.4, -0.2) is 37.3 Å². The number of ketones is 1. The molecule has 1 rings (SSSR count). The van der Waals surface area contributed by atoms with Crippen molar-refractivity contribution in [3.05, 3.63) is 11.8 Å². The first-order chi connectivity index (χ1) is 5.61. The maximum absolute atomic E-state index is 11.2. The van der Waals surface area contributed by atoms with Crippen LogP contribution < -0.4 is 0 Å². The van der Waals surface area contributed by atoms with Gasteiger partial charge in [0, 0.05) is 26.6 Å². The smallest absolute Gasteiger partial charge is 0.288 e. The lowest BCUT2D eigenvalue weighted by Crippen LogP contribution is -2.27. The fourth-order valence-electron chi connectivity index (χ4n) is 0.865. The monoisotopic (exact) mass is 169 g/mol. The van der Waals surface area contributed by atoms with Gasteiger partial charge in [0.2, 0.25) is 0 Å². The fourth-order valence-corrected chi connectivity index (χ4v) is 0.865. The third-order valence-electron chi connectivity index (χ3n) is 1.52. The SMILES string of the molecule is CN(C)C(=O)C1=CC(=O)CCO1. The van der Waals surface area contributed by atoms with Crippen LogP contribution in [0.3, 0.4) is 0 Å². The second-order valence-electron chi connectivity index (χ2n) is 2.77. The molecule has 12 heavy (non-hydrogen) atoms. The maximum atomic E-state index is 11.2. The molecular formula is C8H11NO3. The van der Waals surface area contributed by atoms with E-state index in [9.17, 15) is 9.59 Å². The van der Waals surface area contributed by atoms with Crippen molar-refractivity contribution >= 4 is 11.7 Å². The maximum Gasteiger partial charge on any atom is 0.288 e. The van der Waals surface area contributed by atoms with E-state index in [4.69, 9.17) is 4.74 Å². The van der Waals surface area contributed by atoms with Crippen molar-refractivity contribution in [2.45, 2.75) is 6.42 Å². The van der Waals surface area contributed by atoms with Gasteiger partial charge in [0.25, 0.3) is 5.91 Å². The molecule has 1 amide bonds. The van der Waals surface area contributed by atoms with Crippen LogP contribution in [0, 0.1) is 0 Å². The standard InChI is InChI=1S/C8H11NO3/c1-9(2)8(11)7-5-6(10)3-4-12-7/h5H,3-4H2,1-2H3. The van der Waals surface area contributed by atoms with Gasteiger partial charge in [-0.1, -0.05) is 0 Å². The molecule has 4 heteroatoms. The summed E-state index contributed by atoms with van der Waals surface area (Å²) in [7, 11) is 3.23. The number of allylic oxidation sites excluding steroid dienone is 1. The van der Waals surface area contributed by atoms with Gasteiger partial charge in [0.15, 0.2) is 11.5 Å². The summed E-state index contributed by atoms with van der Waals surface area (Å²) in [5.41, 5.74) is 0. The molecule has 0 aliphatic carbocycles. The highest BCUT2D eigenvalue weighted by Crippen LogP contribution is 2.08. The fraction of sp³-hybridized carbons (Fsp3) is 0.500. The molecule has 0 saturated carbocycles. The normalized spacial score (nSPS) is 16.5. The number of carbonyl (C=O) groups excluding carboxylic acids is 2. The van der Waals surface area contributed by atoms with E-state index in [2.05, 4.69) is 0 Å². The van der Waals surface area contributed by atoms with Crippen LogP contribution in [0.25, 0.3) is 0 Å². The topological polar surface area (TPSA) is 46.6 Å². The molecule has 0 unspecified atom stereocenters. The van der Waals surface area contributed by atoms with Crippen molar-refractivity contribution in [2.24, 2.45) is 0 Å². The molecule has 1 aliphatic heterocycles. The lowest BCUT2D eigenvalue weighted by molar-refractivity contribution is -0.130. The minimum atomic E-state index is -0.261. The quantitative estimate of drug-likeness (QED) is 0.552. The van der Waals surface area contributed by atoms with Crippen LogP contribution in [-0.2, 0) is 14.3 Å². The first kappa shape index (κ1) is 8.77. The zero-order valence-electron chi connectivity index (χ0n) is 7.16. The average molecular weight is 169 g/mol. The molecule has 66 valence electrons. The second-order valence-corrected chi connectivity index (χ2v) is 2.77. The van der Waals surface area contributed by atoms with Gasteiger partial charge in [-0.25, -0.2) is 0 Å². The van der Waals surface area contributed by atoms with Gasteiger partial charge in [0.05, 0.1) is 6.61 Å². The third kappa shape index (κ3) is 1.84. The first-order valence-corrected chi connectivity index (χ1v) is 3.70.